The molecule has 3 heterocycles. The topological polar surface area (TPSA) is 98.9 Å². The van der Waals surface area contributed by atoms with Crippen LogP contribution >= 0.6 is 11.3 Å². The number of thiophene rings is 1. The molecule has 0 fully saturated rings. The van der Waals surface area contributed by atoms with Crippen LogP contribution in [0.1, 0.15) is 21.6 Å². The van der Waals surface area contributed by atoms with Crippen LogP contribution in [0.2, 0.25) is 0 Å². The normalized spacial score (nSPS) is 13.0. The summed E-state index contributed by atoms with van der Waals surface area (Å²) in [5.41, 5.74) is 2.06. The third-order valence-electron chi connectivity index (χ3n) is 5.50. The summed E-state index contributed by atoms with van der Waals surface area (Å²) in [5.74, 6) is 0.0687. The van der Waals surface area contributed by atoms with Gasteiger partial charge in [0, 0.05) is 12.6 Å². The van der Waals surface area contributed by atoms with Crippen LogP contribution in [0.25, 0.3) is 10.6 Å². The van der Waals surface area contributed by atoms with E-state index in [9.17, 15) is 13.2 Å². The third kappa shape index (κ3) is 4.06. The zero-order valence-corrected chi connectivity index (χ0v) is 19.8. The highest BCUT2D eigenvalue weighted by atomic mass is 32.2. The molecule has 0 spiro atoms. The maximum absolute atomic E-state index is 13.4. The number of carbonyl (C=O) groups excluding carboxylic acids is 1. The van der Waals surface area contributed by atoms with E-state index in [0.29, 0.717) is 30.1 Å². The molecule has 0 bridgehead atoms. The van der Waals surface area contributed by atoms with Crippen molar-refractivity contribution in [2.24, 2.45) is 0 Å². The van der Waals surface area contributed by atoms with Crippen LogP contribution < -0.4 is 9.04 Å². The lowest BCUT2D eigenvalue weighted by Gasteiger charge is -2.20. The van der Waals surface area contributed by atoms with Crippen molar-refractivity contribution >= 4 is 33.0 Å². The smallest absolute Gasteiger partial charge is 0.342 e. The van der Waals surface area contributed by atoms with E-state index in [1.165, 1.54) is 41.0 Å². The van der Waals surface area contributed by atoms with E-state index in [2.05, 4.69) is 5.16 Å². The summed E-state index contributed by atoms with van der Waals surface area (Å²) < 4.78 is 44.1. The maximum atomic E-state index is 13.4. The molecule has 0 atom stereocenters. The van der Waals surface area contributed by atoms with E-state index >= 15 is 0 Å². The summed E-state index contributed by atoms with van der Waals surface area (Å²) in [6.07, 6.45) is 0.631. The lowest BCUT2D eigenvalue weighted by Crippen LogP contribution is -2.29. The van der Waals surface area contributed by atoms with Crippen LogP contribution in [0.15, 0.2) is 75.5 Å². The van der Waals surface area contributed by atoms with Gasteiger partial charge in [0.05, 0.1) is 22.6 Å². The Bertz CT molecular complexity index is 1440. The van der Waals surface area contributed by atoms with Crippen LogP contribution in [-0.4, -0.2) is 33.2 Å². The summed E-state index contributed by atoms with van der Waals surface area (Å²) in [6, 6.07) is 17.0. The van der Waals surface area contributed by atoms with Crippen molar-refractivity contribution in [2.45, 2.75) is 17.9 Å². The summed E-state index contributed by atoms with van der Waals surface area (Å²) in [5, 5.41) is 5.85. The van der Waals surface area contributed by atoms with Gasteiger partial charge in [-0.1, -0.05) is 29.4 Å². The van der Waals surface area contributed by atoms with Crippen molar-refractivity contribution < 1.29 is 27.2 Å². The quantitative estimate of drug-likeness (QED) is 0.347. The molecule has 0 radical (unpaired) electrons. The molecule has 1 aliphatic rings. The number of para-hydroxylation sites is 1. The van der Waals surface area contributed by atoms with Crippen LogP contribution in [0.5, 0.6) is 5.75 Å². The Balaban J connectivity index is 1.37. The average molecular weight is 497 g/mol. The highest BCUT2D eigenvalue weighted by Crippen LogP contribution is 2.34. The largest absolute Gasteiger partial charge is 0.496 e. The number of ether oxygens (including phenoxy) is 2. The van der Waals surface area contributed by atoms with Gasteiger partial charge in [-0.05, 0) is 47.7 Å². The second-order valence-corrected chi connectivity index (χ2v) is 10.4. The number of methoxy groups -OCH3 is 1. The van der Waals surface area contributed by atoms with Gasteiger partial charge in [-0.15, -0.1) is 11.3 Å². The van der Waals surface area contributed by atoms with Gasteiger partial charge in [0.2, 0.25) is 0 Å². The SMILES string of the molecule is COc1ccc(S(=O)(=O)N2CCc3ccccc32)cc1C(=O)OCc1cc(-c2cccs2)on1. The summed E-state index contributed by atoms with van der Waals surface area (Å²) in [7, 11) is -2.47. The Labute approximate surface area is 200 Å². The van der Waals surface area contributed by atoms with E-state index < -0.39 is 16.0 Å². The molecule has 0 unspecified atom stereocenters. The lowest BCUT2D eigenvalue weighted by molar-refractivity contribution is 0.0460. The highest BCUT2D eigenvalue weighted by molar-refractivity contribution is 7.92. The standard InChI is InChI=1S/C24H20N2O6S2/c1-30-21-9-8-18(34(28,29)26-11-10-16-5-2-3-6-20(16)26)14-19(21)24(27)31-15-17-13-22(32-25-17)23-7-4-12-33-23/h2-9,12-14H,10-11,15H2,1H3. The molecule has 0 amide bonds. The molecule has 34 heavy (non-hydrogen) atoms. The van der Waals surface area contributed by atoms with Crippen molar-refractivity contribution in [1.82, 2.24) is 5.16 Å². The minimum atomic E-state index is -3.88. The number of hydrogen-bond acceptors (Lipinski definition) is 8. The molecular weight excluding hydrogens is 476 g/mol. The fraction of sp³-hybridized carbons (Fsp3) is 0.167. The van der Waals surface area contributed by atoms with Crippen molar-refractivity contribution in [3.63, 3.8) is 0 Å². The summed E-state index contributed by atoms with van der Waals surface area (Å²) >= 11 is 1.51. The monoisotopic (exact) mass is 496 g/mol. The van der Waals surface area contributed by atoms with Crippen LogP contribution in [0.4, 0.5) is 5.69 Å². The summed E-state index contributed by atoms with van der Waals surface area (Å²) in [6.45, 7) is 0.208. The predicted molar refractivity (Wildman–Crippen MR) is 127 cm³/mol. The Hall–Kier alpha value is -3.63. The summed E-state index contributed by atoms with van der Waals surface area (Å²) in [4.78, 5) is 13.8. The fourth-order valence-corrected chi connectivity index (χ4v) is 6.03. The van der Waals surface area contributed by atoms with Gasteiger partial charge in [-0.25, -0.2) is 13.2 Å². The molecule has 4 aromatic rings. The van der Waals surface area contributed by atoms with Gasteiger partial charge >= 0.3 is 5.97 Å². The van der Waals surface area contributed by atoms with Gasteiger partial charge in [-0.2, -0.15) is 0 Å². The molecule has 2 aromatic heterocycles. The van der Waals surface area contributed by atoms with Crippen LogP contribution in [-0.2, 0) is 27.8 Å². The number of hydrogen-bond donors (Lipinski definition) is 0. The van der Waals surface area contributed by atoms with E-state index in [1.54, 1.807) is 18.2 Å². The van der Waals surface area contributed by atoms with Crippen molar-refractivity contribution in [3.8, 4) is 16.4 Å². The zero-order valence-electron chi connectivity index (χ0n) is 18.1. The Morgan fingerprint density at radius 2 is 2.00 bits per heavy atom. The number of rotatable bonds is 7. The fourth-order valence-electron chi connectivity index (χ4n) is 3.82. The minimum Gasteiger partial charge on any atom is -0.496 e. The first-order chi connectivity index (χ1) is 16.5. The first-order valence-electron chi connectivity index (χ1n) is 10.4. The molecule has 1 aliphatic heterocycles. The minimum absolute atomic E-state index is 0.0121. The Morgan fingerprint density at radius 1 is 1.15 bits per heavy atom. The number of nitrogens with zero attached hydrogens (tertiary/aromatic N) is 2. The molecule has 174 valence electrons. The van der Waals surface area contributed by atoms with Crippen molar-refractivity contribution in [2.75, 3.05) is 18.0 Å². The third-order valence-corrected chi connectivity index (χ3v) is 8.19. The number of fused-ring (bicyclic) bond motifs is 1. The van der Waals surface area contributed by atoms with Gasteiger partial charge in [0.25, 0.3) is 10.0 Å². The number of sulfonamides is 1. The average Bonchev–Trinajstić information content (AvgIpc) is 3.62. The number of anilines is 1. The van der Waals surface area contributed by atoms with E-state index in [4.69, 9.17) is 14.0 Å². The van der Waals surface area contributed by atoms with Gasteiger partial charge in [0.15, 0.2) is 5.76 Å². The Kier molecular flexibility index (Phi) is 5.84. The number of carbonyl (C=O) groups is 1. The molecule has 5 rings (SSSR count). The molecule has 0 saturated heterocycles. The van der Waals surface area contributed by atoms with Crippen LogP contribution in [0, 0.1) is 0 Å². The Morgan fingerprint density at radius 3 is 2.79 bits per heavy atom. The molecule has 8 nitrogen and oxygen atoms in total. The molecule has 10 heteroatoms. The molecule has 0 aliphatic carbocycles. The molecule has 0 N–H and O–H groups in total. The number of aromatic nitrogens is 1. The maximum Gasteiger partial charge on any atom is 0.342 e. The van der Waals surface area contributed by atoms with Crippen LogP contribution in [0.3, 0.4) is 0 Å². The molecular formula is C24H20N2O6S2. The highest BCUT2D eigenvalue weighted by Gasteiger charge is 2.31. The number of benzene rings is 2. The lowest BCUT2D eigenvalue weighted by atomic mass is 10.2. The van der Waals surface area contributed by atoms with Crippen molar-refractivity contribution in [1.29, 1.82) is 0 Å². The first-order valence-corrected chi connectivity index (χ1v) is 12.7. The van der Waals surface area contributed by atoms with Gasteiger partial charge in [-0.3, -0.25) is 4.31 Å². The molecule has 2 aromatic carbocycles. The zero-order chi connectivity index (χ0) is 23.7. The van der Waals surface area contributed by atoms with Crippen molar-refractivity contribution in [3.05, 3.63) is 82.9 Å². The number of esters is 1. The van der Waals surface area contributed by atoms with Gasteiger partial charge in [0.1, 0.15) is 23.6 Å². The van der Waals surface area contributed by atoms with E-state index in [-0.39, 0.29) is 22.8 Å². The second kappa shape index (κ2) is 8.96. The van der Waals surface area contributed by atoms with E-state index in [1.807, 2.05) is 29.6 Å². The predicted octanol–water partition coefficient (Wildman–Crippen LogP) is 4.52. The van der Waals surface area contributed by atoms with Gasteiger partial charge < -0.3 is 14.0 Å². The second-order valence-electron chi connectivity index (χ2n) is 7.55. The molecule has 0 saturated carbocycles. The van der Waals surface area contributed by atoms with E-state index in [0.717, 1.165) is 10.4 Å². The first kappa shape index (κ1) is 22.2.